The van der Waals surface area contributed by atoms with Crippen LogP contribution in [-0.2, 0) is 14.8 Å². The molecule has 0 N–H and O–H groups in total. The lowest BCUT2D eigenvalue weighted by atomic mass is 10.1. The van der Waals surface area contributed by atoms with Gasteiger partial charge in [-0.15, -0.1) is 0 Å². The quantitative estimate of drug-likeness (QED) is 0.222. The third-order valence-electron chi connectivity index (χ3n) is 2.07. The molecule has 0 bridgehead atoms. The van der Waals surface area contributed by atoms with Crippen molar-refractivity contribution in [2.45, 2.75) is 51.9 Å². The fourth-order valence-corrected chi connectivity index (χ4v) is 1.24. The molecule has 0 fully saturated rings. The molecule has 0 aliphatic heterocycles. The van der Waals surface area contributed by atoms with Gasteiger partial charge in [-0.1, -0.05) is 52.2 Å². The van der Waals surface area contributed by atoms with E-state index in [1.54, 1.807) is 0 Å². The molecule has 88 valence electrons. The van der Waals surface area contributed by atoms with Crippen LogP contribution in [0.2, 0.25) is 0 Å². The summed E-state index contributed by atoms with van der Waals surface area (Å²) >= 11 is 0. The van der Waals surface area contributed by atoms with E-state index in [0.29, 0.717) is 5.76 Å². The van der Waals surface area contributed by atoms with E-state index in [0.717, 1.165) is 19.1 Å². The van der Waals surface area contributed by atoms with Crippen molar-refractivity contribution in [1.29, 1.82) is 0 Å². The number of unbranched alkanes of at least 4 members (excludes halogenated alkanes) is 5. The van der Waals surface area contributed by atoms with Crippen LogP contribution in [0.25, 0.3) is 0 Å². The SMILES string of the molecule is C=COOOC(=C)CCCCCCCC. The highest BCUT2D eigenvalue weighted by molar-refractivity contribution is 4.79. The van der Waals surface area contributed by atoms with E-state index in [2.05, 4.69) is 30.0 Å². The van der Waals surface area contributed by atoms with Crippen LogP contribution in [0.3, 0.4) is 0 Å². The Labute approximate surface area is 92.6 Å². The molecule has 0 aliphatic rings. The summed E-state index contributed by atoms with van der Waals surface area (Å²) in [7, 11) is 0. The molecule has 0 aromatic carbocycles. The first-order valence-electron chi connectivity index (χ1n) is 5.60. The lowest BCUT2D eigenvalue weighted by Gasteiger charge is -2.04. The van der Waals surface area contributed by atoms with Crippen LogP contribution < -0.4 is 0 Å². The van der Waals surface area contributed by atoms with Gasteiger partial charge in [0, 0.05) is 11.5 Å². The Hall–Kier alpha value is -0.960. The maximum absolute atomic E-state index is 4.72. The predicted octanol–water partition coefficient (Wildman–Crippen LogP) is 4.27. The fraction of sp³-hybridized carbons (Fsp3) is 0.667. The van der Waals surface area contributed by atoms with Crippen LogP contribution in [0, 0.1) is 0 Å². The first-order valence-corrected chi connectivity index (χ1v) is 5.60. The van der Waals surface area contributed by atoms with E-state index in [4.69, 9.17) is 4.89 Å². The molecule has 0 atom stereocenters. The molecule has 0 unspecified atom stereocenters. The minimum atomic E-state index is 0.590. The topological polar surface area (TPSA) is 27.7 Å². The molecule has 0 aromatic heterocycles. The molecule has 15 heavy (non-hydrogen) atoms. The van der Waals surface area contributed by atoms with Gasteiger partial charge in [0.1, 0.15) is 12.0 Å². The molecule has 3 nitrogen and oxygen atoms in total. The first-order chi connectivity index (χ1) is 7.31. The van der Waals surface area contributed by atoms with Gasteiger partial charge in [0.05, 0.1) is 0 Å². The highest BCUT2D eigenvalue weighted by Gasteiger charge is 1.97. The highest BCUT2D eigenvalue weighted by atomic mass is 17.5. The second-order valence-electron chi connectivity index (χ2n) is 3.47. The van der Waals surface area contributed by atoms with Gasteiger partial charge in [-0.3, -0.25) is 0 Å². The van der Waals surface area contributed by atoms with Gasteiger partial charge < -0.3 is 9.78 Å². The van der Waals surface area contributed by atoms with Crippen molar-refractivity contribution < 1.29 is 14.8 Å². The fourth-order valence-electron chi connectivity index (χ4n) is 1.24. The standard InChI is InChI=1S/C12H22O3/c1-4-6-7-8-9-10-11-12(3)14-15-13-5-2/h5H,2-4,6-11H2,1H3. The summed E-state index contributed by atoms with van der Waals surface area (Å²) in [5.74, 6) is 0.590. The second-order valence-corrected chi connectivity index (χ2v) is 3.47. The number of allylic oxidation sites excluding steroid dienone is 1. The Morgan fingerprint density at radius 3 is 2.47 bits per heavy atom. The zero-order valence-electron chi connectivity index (χ0n) is 9.67. The third kappa shape index (κ3) is 11.0. The van der Waals surface area contributed by atoms with E-state index >= 15 is 0 Å². The van der Waals surface area contributed by atoms with Crippen LogP contribution in [0.5, 0.6) is 0 Å². The molecule has 0 aliphatic carbocycles. The Morgan fingerprint density at radius 1 is 1.13 bits per heavy atom. The highest BCUT2D eigenvalue weighted by Crippen LogP contribution is 2.11. The Kier molecular flexibility index (Phi) is 10.4. The minimum Gasteiger partial charge on any atom is -0.308 e. The molecule has 0 saturated heterocycles. The first kappa shape index (κ1) is 14.0. The maximum atomic E-state index is 4.72. The zero-order chi connectivity index (χ0) is 11.4. The lowest BCUT2D eigenvalue weighted by Crippen LogP contribution is -1.92. The smallest absolute Gasteiger partial charge is 0.139 e. The second kappa shape index (κ2) is 11.1. The summed E-state index contributed by atoms with van der Waals surface area (Å²) in [6, 6.07) is 0. The summed E-state index contributed by atoms with van der Waals surface area (Å²) in [5.41, 5.74) is 0. The van der Waals surface area contributed by atoms with Crippen molar-refractivity contribution in [2.75, 3.05) is 0 Å². The summed E-state index contributed by atoms with van der Waals surface area (Å²) < 4.78 is 0. The Bertz CT molecular complexity index is 166. The Balaban J connectivity index is 3.13. The molecule has 0 radical (unpaired) electrons. The van der Waals surface area contributed by atoms with Crippen LogP contribution >= 0.6 is 0 Å². The molecule has 0 heterocycles. The van der Waals surface area contributed by atoms with Gasteiger partial charge in [-0.05, 0) is 6.42 Å². The van der Waals surface area contributed by atoms with Gasteiger partial charge in [0.25, 0.3) is 0 Å². The lowest BCUT2D eigenvalue weighted by molar-refractivity contribution is -0.472. The summed E-state index contributed by atoms with van der Waals surface area (Å²) in [6.07, 6.45) is 9.47. The molecule has 3 heteroatoms. The van der Waals surface area contributed by atoms with Crippen LogP contribution in [0.15, 0.2) is 25.2 Å². The van der Waals surface area contributed by atoms with E-state index in [-0.39, 0.29) is 0 Å². The Morgan fingerprint density at radius 2 is 1.80 bits per heavy atom. The summed E-state index contributed by atoms with van der Waals surface area (Å²) in [5, 5.41) is 4.32. The van der Waals surface area contributed by atoms with Gasteiger partial charge in [0.2, 0.25) is 0 Å². The number of hydrogen-bond donors (Lipinski definition) is 0. The van der Waals surface area contributed by atoms with Crippen LogP contribution in [-0.4, -0.2) is 0 Å². The molecule has 0 rings (SSSR count). The van der Waals surface area contributed by atoms with E-state index < -0.39 is 0 Å². The summed E-state index contributed by atoms with van der Waals surface area (Å²) in [6.45, 7) is 9.22. The molecular weight excluding hydrogens is 192 g/mol. The normalized spacial score (nSPS) is 9.67. The van der Waals surface area contributed by atoms with E-state index in [9.17, 15) is 0 Å². The van der Waals surface area contributed by atoms with Gasteiger partial charge in [-0.2, -0.15) is 0 Å². The van der Waals surface area contributed by atoms with Gasteiger partial charge >= 0.3 is 0 Å². The number of hydrogen-bond acceptors (Lipinski definition) is 3. The van der Waals surface area contributed by atoms with Crippen molar-refractivity contribution >= 4 is 0 Å². The molecule has 0 aromatic rings. The summed E-state index contributed by atoms with van der Waals surface area (Å²) in [4.78, 5) is 9.07. The molecule has 0 spiro atoms. The van der Waals surface area contributed by atoms with Crippen molar-refractivity contribution in [3.63, 3.8) is 0 Å². The van der Waals surface area contributed by atoms with E-state index in [1.807, 2.05) is 0 Å². The van der Waals surface area contributed by atoms with Crippen molar-refractivity contribution in [1.82, 2.24) is 0 Å². The van der Waals surface area contributed by atoms with Crippen molar-refractivity contribution in [3.8, 4) is 0 Å². The monoisotopic (exact) mass is 214 g/mol. The zero-order valence-corrected chi connectivity index (χ0v) is 9.67. The van der Waals surface area contributed by atoms with Gasteiger partial charge in [0.15, 0.2) is 0 Å². The predicted molar refractivity (Wildman–Crippen MR) is 60.6 cm³/mol. The maximum Gasteiger partial charge on any atom is 0.139 e. The van der Waals surface area contributed by atoms with E-state index in [1.165, 1.54) is 32.1 Å². The molecular formula is C12H22O3. The van der Waals surface area contributed by atoms with Crippen LogP contribution in [0.4, 0.5) is 0 Å². The van der Waals surface area contributed by atoms with Crippen molar-refractivity contribution in [2.24, 2.45) is 0 Å². The van der Waals surface area contributed by atoms with Crippen molar-refractivity contribution in [3.05, 3.63) is 25.2 Å². The molecule has 0 amide bonds. The third-order valence-corrected chi connectivity index (χ3v) is 2.07. The average molecular weight is 214 g/mol. The number of rotatable bonds is 11. The van der Waals surface area contributed by atoms with Gasteiger partial charge in [-0.25, -0.2) is 0 Å². The largest absolute Gasteiger partial charge is 0.308 e. The van der Waals surface area contributed by atoms with Crippen LogP contribution in [0.1, 0.15) is 51.9 Å². The molecule has 0 saturated carbocycles. The minimum absolute atomic E-state index is 0.590. The average Bonchev–Trinajstić information content (AvgIpc) is 2.23.